The Kier molecular flexibility index (Phi) is 6.37. The molecule has 1 heterocycles. The van der Waals surface area contributed by atoms with Crippen LogP contribution in [0.2, 0.25) is 5.02 Å². The topological polar surface area (TPSA) is 62.3 Å². The normalized spacial score (nSPS) is 11.1. The van der Waals surface area contributed by atoms with Gasteiger partial charge in [-0.1, -0.05) is 11.6 Å². The van der Waals surface area contributed by atoms with E-state index in [-0.39, 0.29) is 11.8 Å². The van der Waals surface area contributed by atoms with Gasteiger partial charge in [-0.15, -0.1) is 0 Å². The van der Waals surface area contributed by atoms with E-state index in [0.717, 1.165) is 11.1 Å². The second-order valence-electron chi connectivity index (χ2n) is 6.87. The molecule has 0 atom stereocenters. The zero-order valence-electron chi connectivity index (χ0n) is 15.5. The molecule has 0 unspecified atom stereocenters. The summed E-state index contributed by atoms with van der Waals surface area (Å²) in [6.07, 6.45) is 4.16. The number of hydrogen-bond donors (Lipinski definition) is 1. The molecule has 138 valence electrons. The fraction of sp³-hybridized carbons (Fsp3) is 0.350. The molecule has 0 saturated carbocycles. The number of nitrogens with one attached hydrogen (secondary N) is 1. The number of nitrogens with zero attached hydrogens (tertiary/aromatic N) is 2. The first-order chi connectivity index (χ1) is 12.2. The number of rotatable bonds is 6. The summed E-state index contributed by atoms with van der Waals surface area (Å²) in [7, 11) is 1.71. The average molecular weight is 374 g/mol. The lowest BCUT2D eigenvalue weighted by Crippen LogP contribution is -2.46. The summed E-state index contributed by atoms with van der Waals surface area (Å²) in [5, 5.41) is 3.44. The summed E-state index contributed by atoms with van der Waals surface area (Å²) >= 11 is 5.94. The van der Waals surface area contributed by atoms with E-state index < -0.39 is 5.41 Å². The minimum atomic E-state index is -1.18. The van der Waals surface area contributed by atoms with Crippen LogP contribution in [0.25, 0.3) is 0 Å². The van der Waals surface area contributed by atoms with E-state index >= 15 is 0 Å². The Morgan fingerprint density at radius 1 is 1.19 bits per heavy atom. The Balaban J connectivity index is 2.02. The van der Waals surface area contributed by atoms with Gasteiger partial charge in [-0.2, -0.15) is 0 Å². The van der Waals surface area contributed by atoms with Gasteiger partial charge in [0.25, 0.3) is 0 Å². The molecule has 0 aliphatic carbocycles. The molecule has 2 aromatic rings. The molecule has 0 aliphatic heterocycles. The average Bonchev–Trinajstić information content (AvgIpc) is 2.62. The summed E-state index contributed by atoms with van der Waals surface area (Å²) in [5.41, 5.74) is 1.41. The number of carbonyl (C=O) groups is 2. The van der Waals surface area contributed by atoms with Crippen molar-refractivity contribution in [2.45, 2.75) is 27.2 Å². The lowest BCUT2D eigenvalue weighted by Gasteiger charge is -2.28. The first kappa shape index (κ1) is 19.9. The van der Waals surface area contributed by atoms with Crippen LogP contribution in [0, 0.1) is 12.3 Å². The zero-order valence-corrected chi connectivity index (χ0v) is 16.3. The third-order valence-electron chi connectivity index (χ3n) is 4.37. The number of amides is 2. The Morgan fingerprint density at radius 3 is 2.46 bits per heavy atom. The Morgan fingerprint density at radius 2 is 1.85 bits per heavy atom. The number of hydrogen-bond acceptors (Lipinski definition) is 3. The second-order valence-corrected chi connectivity index (χ2v) is 7.31. The van der Waals surface area contributed by atoms with Gasteiger partial charge in [-0.3, -0.25) is 14.6 Å². The van der Waals surface area contributed by atoms with Gasteiger partial charge in [0.1, 0.15) is 5.41 Å². The van der Waals surface area contributed by atoms with E-state index in [9.17, 15) is 9.59 Å². The number of likely N-dealkylation sites (N-methyl/N-ethyl adjacent to an activating group) is 1. The molecule has 0 spiro atoms. The molecule has 2 amide bonds. The Hall–Kier alpha value is -2.40. The highest BCUT2D eigenvalue weighted by atomic mass is 35.5. The SMILES string of the molecule is Cc1cc(Cl)ccc1NC(=O)C(C)(C)C(=O)N(C)CCc1ccncc1. The number of carbonyl (C=O) groups excluding carboxylic acids is 2. The molecular weight excluding hydrogens is 350 g/mol. The highest BCUT2D eigenvalue weighted by Crippen LogP contribution is 2.25. The van der Waals surface area contributed by atoms with E-state index in [4.69, 9.17) is 11.6 Å². The van der Waals surface area contributed by atoms with Crippen molar-refractivity contribution in [3.8, 4) is 0 Å². The van der Waals surface area contributed by atoms with Crippen LogP contribution in [0.5, 0.6) is 0 Å². The lowest BCUT2D eigenvalue weighted by atomic mass is 9.90. The van der Waals surface area contributed by atoms with Crippen molar-refractivity contribution < 1.29 is 9.59 Å². The highest BCUT2D eigenvalue weighted by Gasteiger charge is 2.38. The molecule has 26 heavy (non-hydrogen) atoms. The van der Waals surface area contributed by atoms with Crippen LogP contribution in [-0.2, 0) is 16.0 Å². The molecule has 5 nitrogen and oxygen atoms in total. The largest absolute Gasteiger partial charge is 0.345 e. The number of halogens is 1. The molecule has 0 fully saturated rings. The second kappa shape index (κ2) is 8.32. The minimum Gasteiger partial charge on any atom is -0.345 e. The van der Waals surface area contributed by atoms with Gasteiger partial charge >= 0.3 is 0 Å². The first-order valence-electron chi connectivity index (χ1n) is 8.44. The van der Waals surface area contributed by atoms with Crippen LogP contribution < -0.4 is 5.32 Å². The summed E-state index contributed by atoms with van der Waals surface area (Å²) in [4.78, 5) is 31.1. The van der Waals surface area contributed by atoms with Crippen molar-refractivity contribution in [1.29, 1.82) is 0 Å². The van der Waals surface area contributed by atoms with Crippen LogP contribution in [0.4, 0.5) is 5.69 Å². The van der Waals surface area contributed by atoms with E-state index in [1.807, 2.05) is 19.1 Å². The number of aryl methyl sites for hydroxylation is 1. The molecule has 1 aromatic heterocycles. The minimum absolute atomic E-state index is 0.226. The van der Waals surface area contributed by atoms with Crippen LogP contribution >= 0.6 is 11.6 Å². The van der Waals surface area contributed by atoms with Gasteiger partial charge in [0.05, 0.1) is 0 Å². The molecule has 0 aliphatic rings. The fourth-order valence-electron chi connectivity index (χ4n) is 2.57. The van der Waals surface area contributed by atoms with Crippen LogP contribution in [0.1, 0.15) is 25.0 Å². The maximum atomic E-state index is 12.8. The van der Waals surface area contributed by atoms with E-state index in [1.165, 1.54) is 0 Å². The van der Waals surface area contributed by atoms with E-state index in [0.29, 0.717) is 23.7 Å². The van der Waals surface area contributed by atoms with Gasteiger partial charge < -0.3 is 10.2 Å². The summed E-state index contributed by atoms with van der Waals surface area (Å²) in [6.45, 7) is 5.66. The predicted octanol–water partition coefficient (Wildman–Crippen LogP) is 3.71. The van der Waals surface area contributed by atoms with E-state index in [2.05, 4.69) is 10.3 Å². The molecule has 2 rings (SSSR count). The molecule has 0 saturated heterocycles. The van der Waals surface area contributed by atoms with Gasteiger partial charge in [-0.25, -0.2) is 0 Å². The van der Waals surface area contributed by atoms with Crippen LogP contribution in [-0.4, -0.2) is 35.3 Å². The number of benzene rings is 1. The summed E-state index contributed by atoms with van der Waals surface area (Å²) in [6, 6.07) is 9.05. The van der Waals surface area contributed by atoms with Crippen LogP contribution in [0.15, 0.2) is 42.7 Å². The zero-order chi connectivity index (χ0) is 19.3. The van der Waals surface area contributed by atoms with Crippen molar-refractivity contribution in [2.24, 2.45) is 5.41 Å². The predicted molar refractivity (Wildman–Crippen MR) is 104 cm³/mol. The monoisotopic (exact) mass is 373 g/mol. The van der Waals surface area contributed by atoms with Crippen molar-refractivity contribution in [2.75, 3.05) is 18.9 Å². The smallest absolute Gasteiger partial charge is 0.239 e. The van der Waals surface area contributed by atoms with Gasteiger partial charge in [0.15, 0.2) is 0 Å². The van der Waals surface area contributed by atoms with Gasteiger partial charge in [0, 0.05) is 36.7 Å². The van der Waals surface area contributed by atoms with Gasteiger partial charge in [-0.05, 0) is 68.7 Å². The Labute approximate surface area is 159 Å². The molecule has 6 heteroatoms. The Bertz CT molecular complexity index is 791. The third-order valence-corrected chi connectivity index (χ3v) is 4.61. The number of anilines is 1. The standard InChI is InChI=1S/C20H24ClN3O2/c1-14-13-16(21)5-6-17(14)23-18(25)20(2,3)19(26)24(4)12-9-15-7-10-22-11-8-15/h5-8,10-11,13H,9,12H2,1-4H3,(H,23,25). The summed E-state index contributed by atoms with van der Waals surface area (Å²) in [5.74, 6) is -0.570. The quantitative estimate of drug-likeness (QED) is 0.785. The van der Waals surface area contributed by atoms with Crippen LogP contribution in [0.3, 0.4) is 0 Å². The van der Waals surface area contributed by atoms with E-state index in [1.54, 1.807) is 56.4 Å². The van der Waals surface area contributed by atoms with Crippen molar-refractivity contribution in [3.05, 3.63) is 58.9 Å². The third kappa shape index (κ3) is 4.82. The first-order valence-corrected chi connectivity index (χ1v) is 8.81. The maximum Gasteiger partial charge on any atom is 0.239 e. The molecule has 0 bridgehead atoms. The molecule has 0 radical (unpaired) electrons. The van der Waals surface area contributed by atoms with Crippen molar-refractivity contribution >= 4 is 29.1 Å². The summed E-state index contributed by atoms with van der Waals surface area (Å²) < 4.78 is 0. The molecule has 1 aromatic carbocycles. The number of aromatic nitrogens is 1. The maximum absolute atomic E-state index is 12.8. The van der Waals surface area contributed by atoms with Crippen molar-refractivity contribution in [1.82, 2.24) is 9.88 Å². The van der Waals surface area contributed by atoms with Crippen molar-refractivity contribution in [3.63, 3.8) is 0 Å². The van der Waals surface area contributed by atoms with Gasteiger partial charge in [0.2, 0.25) is 11.8 Å². The number of pyridine rings is 1. The fourth-order valence-corrected chi connectivity index (χ4v) is 2.79. The highest BCUT2D eigenvalue weighted by molar-refractivity contribution is 6.30. The lowest BCUT2D eigenvalue weighted by molar-refractivity contribution is -0.145. The molecular formula is C20H24ClN3O2. The molecule has 1 N–H and O–H groups in total.